The van der Waals surface area contributed by atoms with Crippen LogP contribution < -0.4 is 0 Å². The highest BCUT2D eigenvalue weighted by molar-refractivity contribution is 5.33. The first kappa shape index (κ1) is 9.72. The Bertz CT molecular complexity index is 341. The van der Waals surface area contributed by atoms with Crippen LogP contribution >= 0.6 is 0 Å². The van der Waals surface area contributed by atoms with Crippen molar-refractivity contribution in [3.63, 3.8) is 0 Å². The van der Waals surface area contributed by atoms with E-state index in [0.29, 0.717) is 5.92 Å². The van der Waals surface area contributed by atoms with Crippen LogP contribution in [-0.2, 0) is 6.42 Å². The maximum atomic E-state index is 10.3. The highest BCUT2D eigenvalue weighted by Crippen LogP contribution is 2.46. The zero-order valence-electron chi connectivity index (χ0n) is 9.12. The van der Waals surface area contributed by atoms with Gasteiger partial charge < -0.3 is 5.11 Å². The smallest absolute Gasteiger partial charge is 0.0846 e. The van der Waals surface area contributed by atoms with E-state index in [0.717, 1.165) is 12.0 Å². The predicted octanol–water partition coefficient (Wildman–Crippen LogP) is 2.94. The van der Waals surface area contributed by atoms with Gasteiger partial charge in [-0.25, -0.2) is 0 Å². The Labute approximate surface area is 85.8 Å². The normalized spacial score (nSPS) is 29.7. The van der Waals surface area contributed by atoms with Crippen LogP contribution in [0.25, 0.3) is 0 Å². The van der Waals surface area contributed by atoms with Gasteiger partial charge in [-0.05, 0) is 28.9 Å². The Morgan fingerprint density at radius 1 is 1.29 bits per heavy atom. The molecular weight excluding hydrogens is 172 g/mol. The Kier molecular flexibility index (Phi) is 2.15. The molecule has 0 saturated heterocycles. The topological polar surface area (TPSA) is 20.2 Å². The Morgan fingerprint density at radius 3 is 2.64 bits per heavy atom. The van der Waals surface area contributed by atoms with Gasteiger partial charge in [0.05, 0.1) is 6.10 Å². The summed E-state index contributed by atoms with van der Waals surface area (Å²) in [5, 5.41) is 10.3. The van der Waals surface area contributed by atoms with Crippen LogP contribution in [0.15, 0.2) is 24.3 Å². The Morgan fingerprint density at radius 2 is 1.93 bits per heavy atom. The van der Waals surface area contributed by atoms with E-state index in [2.05, 4.69) is 32.9 Å². The standard InChI is InChI=1S/C13H18O/c1-9-8-10-6-4-5-7-11(10)12(14)13(9,2)3/h4-7,9,12,14H,8H2,1-3H3/t9-,12+/m1/s1. The predicted molar refractivity (Wildman–Crippen MR) is 58.1 cm³/mol. The molecular formula is C13H18O. The van der Waals surface area contributed by atoms with Crippen LogP contribution in [0.1, 0.15) is 38.0 Å². The van der Waals surface area contributed by atoms with Crippen molar-refractivity contribution < 1.29 is 5.11 Å². The molecule has 0 aromatic heterocycles. The summed E-state index contributed by atoms with van der Waals surface area (Å²) < 4.78 is 0. The third-order valence-electron chi connectivity index (χ3n) is 3.85. The zero-order chi connectivity index (χ0) is 10.3. The number of aliphatic hydroxyl groups is 1. The maximum absolute atomic E-state index is 10.3. The molecule has 2 rings (SSSR count). The molecule has 1 N–H and O–H groups in total. The molecule has 0 aliphatic heterocycles. The fraction of sp³-hybridized carbons (Fsp3) is 0.538. The van der Waals surface area contributed by atoms with Gasteiger partial charge in [-0.2, -0.15) is 0 Å². The van der Waals surface area contributed by atoms with Gasteiger partial charge in [0.1, 0.15) is 0 Å². The second-order valence-electron chi connectivity index (χ2n) is 5.03. The molecule has 0 bridgehead atoms. The van der Waals surface area contributed by atoms with E-state index in [4.69, 9.17) is 0 Å². The summed E-state index contributed by atoms with van der Waals surface area (Å²) in [7, 11) is 0. The van der Waals surface area contributed by atoms with Crippen LogP contribution in [0.2, 0.25) is 0 Å². The number of hydrogen-bond acceptors (Lipinski definition) is 1. The van der Waals surface area contributed by atoms with Crippen molar-refractivity contribution in [2.24, 2.45) is 11.3 Å². The third-order valence-corrected chi connectivity index (χ3v) is 3.85. The van der Waals surface area contributed by atoms with Gasteiger partial charge in [-0.15, -0.1) is 0 Å². The minimum absolute atomic E-state index is 0.00560. The van der Waals surface area contributed by atoms with Gasteiger partial charge in [0.25, 0.3) is 0 Å². The number of hydrogen-bond donors (Lipinski definition) is 1. The van der Waals surface area contributed by atoms with Crippen LogP contribution in [0.5, 0.6) is 0 Å². The first-order chi connectivity index (χ1) is 6.53. The van der Waals surface area contributed by atoms with Gasteiger partial charge in [-0.3, -0.25) is 0 Å². The van der Waals surface area contributed by atoms with Crippen molar-refractivity contribution in [3.8, 4) is 0 Å². The lowest BCUT2D eigenvalue weighted by molar-refractivity contribution is -0.000955. The zero-order valence-corrected chi connectivity index (χ0v) is 9.12. The van der Waals surface area contributed by atoms with Crippen molar-refractivity contribution in [2.45, 2.75) is 33.3 Å². The van der Waals surface area contributed by atoms with E-state index in [1.807, 2.05) is 12.1 Å². The molecule has 2 atom stereocenters. The lowest BCUT2D eigenvalue weighted by atomic mass is 9.65. The fourth-order valence-corrected chi connectivity index (χ4v) is 2.25. The van der Waals surface area contributed by atoms with Crippen molar-refractivity contribution in [2.75, 3.05) is 0 Å². The van der Waals surface area contributed by atoms with Crippen LogP contribution in [-0.4, -0.2) is 5.11 Å². The second kappa shape index (κ2) is 3.09. The Hall–Kier alpha value is -0.820. The minimum Gasteiger partial charge on any atom is -0.388 e. The molecule has 1 aliphatic rings. The third kappa shape index (κ3) is 1.27. The van der Waals surface area contributed by atoms with Crippen LogP contribution in [0.3, 0.4) is 0 Å². The monoisotopic (exact) mass is 190 g/mol. The second-order valence-corrected chi connectivity index (χ2v) is 5.03. The van der Waals surface area contributed by atoms with Crippen molar-refractivity contribution >= 4 is 0 Å². The number of fused-ring (bicyclic) bond motifs is 1. The van der Waals surface area contributed by atoms with Crippen molar-refractivity contribution in [1.29, 1.82) is 0 Å². The van der Waals surface area contributed by atoms with Crippen LogP contribution in [0.4, 0.5) is 0 Å². The molecule has 0 saturated carbocycles. The molecule has 0 unspecified atom stereocenters. The van der Waals surface area contributed by atoms with Crippen LogP contribution in [0, 0.1) is 11.3 Å². The summed E-state index contributed by atoms with van der Waals surface area (Å²) in [4.78, 5) is 0. The Balaban J connectivity index is 2.49. The summed E-state index contributed by atoms with van der Waals surface area (Å²) in [6.45, 7) is 6.52. The van der Waals surface area contributed by atoms with Gasteiger partial charge in [-0.1, -0.05) is 45.0 Å². The summed E-state index contributed by atoms with van der Waals surface area (Å²) >= 11 is 0. The molecule has 0 heterocycles. The van der Waals surface area contributed by atoms with Crippen molar-refractivity contribution in [3.05, 3.63) is 35.4 Å². The molecule has 0 fully saturated rings. The van der Waals surface area contributed by atoms with E-state index in [1.54, 1.807) is 0 Å². The molecule has 1 aliphatic carbocycles. The lowest BCUT2D eigenvalue weighted by Crippen LogP contribution is -2.35. The van der Waals surface area contributed by atoms with Crippen molar-refractivity contribution in [1.82, 2.24) is 0 Å². The van der Waals surface area contributed by atoms with Gasteiger partial charge in [0.2, 0.25) is 0 Å². The summed E-state index contributed by atoms with van der Waals surface area (Å²) in [5.74, 6) is 0.535. The molecule has 76 valence electrons. The minimum atomic E-state index is -0.317. The fourth-order valence-electron chi connectivity index (χ4n) is 2.25. The van der Waals surface area contributed by atoms with E-state index in [1.165, 1.54) is 5.56 Å². The summed E-state index contributed by atoms with van der Waals surface area (Å²) in [5.41, 5.74) is 2.43. The lowest BCUT2D eigenvalue weighted by Gasteiger charge is -2.42. The highest BCUT2D eigenvalue weighted by Gasteiger charge is 2.39. The van der Waals surface area contributed by atoms with E-state index in [9.17, 15) is 5.11 Å². The molecule has 1 nitrogen and oxygen atoms in total. The molecule has 0 radical (unpaired) electrons. The number of benzene rings is 1. The quantitative estimate of drug-likeness (QED) is 0.667. The summed E-state index contributed by atoms with van der Waals surface area (Å²) in [6, 6.07) is 8.24. The highest BCUT2D eigenvalue weighted by atomic mass is 16.3. The number of rotatable bonds is 0. The van der Waals surface area contributed by atoms with Gasteiger partial charge in [0, 0.05) is 0 Å². The average molecular weight is 190 g/mol. The first-order valence-corrected chi connectivity index (χ1v) is 5.29. The largest absolute Gasteiger partial charge is 0.388 e. The average Bonchev–Trinajstić information content (AvgIpc) is 2.15. The SMILES string of the molecule is C[C@@H]1Cc2ccccc2[C@H](O)C1(C)C. The van der Waals surface area contributed by atoms with E-state index in [-0.39, 0.29) is 11.5 Å². The number of aliphatic hydroxyl groups excluding tert-OH is 1. The molecule has 0 spiro atoms. The van der Waals surface area contributed by atoms with Gasteiger partial charge >= 0.3 is 0 Å². The molecule has 1 aromatic rings. The molecule has 1 heteroatoms. The molecule has 0 amide bonds. The molecule has 1 aromatic carbocycles. The van der Waals surface area contributed by atoms with E-state index < -0.39 is 0 Å². The van der Waals surface area contributed by atoms with Gasteiger partial charge in [0.15, 0.2) is 0 Å². The summed E-state index contributed by atoms with van der Waals surface area (Å²) in [6.07, 6.45) is 0.766. The maximum Gasteiger partial charge on any atom is 0.0846 e. The first-order valence-electron chi connectivity index (χ1n) is 5.29. The van der Waals surface area contributed by atoms with E-state index >= 15 is 0 Å². The molecule has 14 heavy (non-hydrogen) atoms.